The first-order valence-electron chi connectivity index (χ1n) is 12.2. The smallest absolute Gasteiger partial charge is 0.222 e. The summed E-state index contributed by atoms with van der Waals surface area (Å²) in [5.74, 6) is 2.02. The maximum Gasteiger partial charge on any atom is 0.222 e. The second-order valence-electron chi connectivity index (χ2n) is 9.84. The summed E-state index contributed by atoms with van der Waals surface area (Å²) in [4.78, 5) is 11.3. The average Bonchev–Trinajstić information content (AvgIpc) is 3.05. The summed E-state index contributed by atoms with van der Waals surface area (Å²) in [5, 5.41) is 10.9. The second kappa shape index (κ2) is 8.28. The first-order valence-corrected chi connectivity index (χ1v) is 12.2. The molecule has 2 N–H and O–H groups in total. The van der Waals surface area contributed by atoms with E-state index in [2.05, 4.69) is 18.2 Å². The van der Waals surface area contributed by atoms with Crippen molar-refractivity contribution in [2.45, 2.75) is 43.4 Å². The fourth-order valence-electron chi connectivity index (χ4n) is 5.92. The molecule has 3 aliphatic rings. The molecule has 0 amide bonds. The number of guanidine groups is 1. The molecule has 0 saturated heterocycles. The lowest BCUT2D eigenvalue weighted by atomic mass is 9.78. The fourth-order valence-corrected chi connectivity index (χ4v) is 5.92. The van der Waals surface area contributed by atoms with Gasteiger partial charge in [-0.15, -0.1) is 0 Å². The van der Waals surface area contributed by atoms with Crippen molar-refractivity contribution in [3.63, 3.8) is 0 Å². The summed E-state index contributed by atoms with van der Waals surface area (Å²) in [5.41, 5.74) is 10.6. The fraction of sp³-hybridized carbons (Fsp3) is 0.310. The van der Waals surface area contributed by atoms with Gasteiger partial charge in [0.25, 0.3) is 0 Å². The van der Waals surface area contributed by atoms with Gasteiger partial charge in [-0.3, -0.25) is 0 Å². The maximum atomic E-state index is 9.36. The number of ether oxygens (including phenoxy) is 2. The molecular weight excluding hydrogens is 452 g/mol. The Morgan fingerprint density at radius 3 is 2.72 bits per heavy atom. The Morgan fingerprint density at radius 2 is 1.94 bits per heavy atom. The predicted octanol–water partition coefficient (Wildman–Crippen LogP) is 4.68. The Morgan fingerprint density at radius 1 is 1.11 bits per heavy atom. The molecule has 2 heterocycles. The van der Waals surface area contributed by atoms with E-state index in [0.717, 1.165) is 53.9 Å². The molecule has 2 atom stereocenters. The average molecular weight is 481 g/mol. The van der Waals surface area contributed by atoms with E-state index in [1.807, 2.05) is 42.5 Å². The van der Waals surface area contributed by atoms with Crippen molar-refractivity contribution in [3.05, 3.63) is 82.9 Å². The van der Waals surface area contributed by atoms with Gasteiger partial charge in [-0.1, -0.05) is 30.3 Å². The lowest BCUT2D eigenvalue weighted by Gasteiger charge is -2.45. The number of nitriles is 1. The number of hydroxylamine groups is 2. The minimum absolute atomic E-state index is 0.338. The molecule has 3 aromatic rings. The highest BCUT2D eigenvalue weighted by molar-refractivity contribution is 5.79. The third-order valence-corrected chi connectivity index (χ3v) is 7.54. The van der Waals surface area contributed by atoms with Gasteiger partial charge >= 0.3 is 0 Å². The third kappa shape index (κ3) is 3.57. The summed E-state index contributed by atoms with van der Waals surface area (Å²) < 4.78 is 12.5. The molecule has 2 aliphatic heterocycles. The van der Waals surface area contributed by atoms with Crippen LogP contribution < -0.4 is 15.2 Å². The lowest BCUT2D eigenvalue weighted by molar-refractivity contribution is -0.204. The molecule has 0 radical (unpaired) electrons. The Labute approximate surface area is 210 Å². The van der Waals surface area contributed by atoms with Crippen LogP contribution in [0.25, 0.3) is 11.1 Å². The lowest BCUT2D eigenvalue weighted by Crippen LogP contribution is -2.49. The summed E-state index contributed by atoms with van der Waals surface area (Å²) in [6.45, 7) is 0. The van der Waals surface area contributed by atoms with E-state index in [9.17, 15) is 5.26 Å². The number of benzene rings is 3. The van der Waals surface area contributed by atoms with Gasteiger partial charge in [0.2, 0.25) is 11.7 Å². The van der Waals surface area contributed by atoms with Crippen LogP contribution in [0.5, 0.6) is 11.5 Å². The zero-order chi connectivity index (χ0) is 24.9. The highest BCUT2D eigenvalue weighted by Crippen LogP contribution is 2.53. The molecule has 7 heteroatoms. The van der Waals surface area contributed by atoms with Crippen LogP contribution in [0, 0.1) is 11.3 Å². The Bertz CT molecular complexity index is 1430. The van der Waals surface area contributed by atoms with Gasteiger partial charge in [0.1, 0.15) is 17.1 Å². The summed E-state index contributed by atoms with van der Waals surface area (Å²) >= 11 is 0. The van der Waals surface area contributed by atoms with Crippen LogP contribution in [0.3, 0.4) is 0 Å². The van der Waals surface area contributed by atoms with Crippen molar-refractivity contribution in [3.8, 4) is 28.7 Å². The Balaban J connectivity index is 1.47. The number of fused-ring (bicyclic) bond motifs is 3. The molecule has 0 bridgehead atoms. The predicted molar refractivity (Wildman–Crippen MR) is 136 cm³/mol. The SMILES string of the molecule is COc1cccc2c1CCCC1(C2)CC2(N=C(N)N(C)O2)c2cc(-c3cccc(C#N)c3)ccc2O1. The van der Waals surface area contributed by atoms with Crippen molar-refractivity contribution in [1.29, 1.82) is 5.26 Å². The summed E-state index contributed by atoms with van der Waals surface area (Å²) in [6.07, 6.45) is 4.03. The van der Waals surface area contributed by atoms with Crippen LogP contribution in [0.1, 0.15) is 41.5 Å². The standard InChI is InChI=1S/C29H28N4O3/c1-33-27(31)32-29(36-33)18-28(13-5-9-23-22(16-28)8-4-10-25(23)34-2)35-26-12-11-21(15-24(26)29)20-7-3-6-19(14-20)17-30/h3-4,6-8,10-12,14-15H,5,9,13,16,18H2,1-2H3,(H2,31,32). The topological polar surface area (TPSA) is 93.1 Å². The minimum Gasteiger partial charge on any atom is -0.496 e. The molecule has 3 aromatic carbocycles. The number of methoxy groups -OCH3 is 1. The van der Waals surface area contributed by atoms with Crippen molar-refractivity contribution in [2.75, 3.05) is 14.2 Å². The Hall–Kier alpha value is -4.02. The zero-order valence-electron chi connectivity index (χ0n) is 20.5. The van der Waals surface area contributed by atoms with Gasteiger partial charge in [0, 0.05) is 19.9 Å². The van der Waals surface area contributed by atoms with Gasteiger partial charge in [-0.05, 0) is 71.8 Å². The largest absolute Gasteiger partial charge is 0.496 e. The van der Waals surface area contributed by atoms with Crippen LogP contribution in [0.2, 0.25) is 0 Å². The zero-order valence-corrected chi connectivity index (χ0v) is 20.5. The third-order valence-electron chi connectivity index (χ3n) is 7.54. The molecule has 2 unspecified atom stereocenters. The number of rotatable bonds is 2. The highest BCUT2D eigenvalue weighted by atomic mass is 16.7. The normalized spacial score (nSPS) is 24.4. The Kier molecular flexibility index (Phi) is 5.16. The van der Waals surface area contributed by atoms with E-state index in [1.54, 1.807) is 25.3 Å². The van der Waals surface area contributed by atoms with Crippen LogP contribution in [-0.2, 0) is 23.4 Å². The molecule has 7 nitrogen and oxygen atoms in total. The van der Waals surface area contributed by atoms with E-state index in [1.165, 1.54) is 11.1 Å². The van der Waals surface area contributed by atoms with E-state index in [0.29, 0.717) is 17.9 Å². The molecule has 2 spiro atoms. The first kappa shape index (κ1) is 22.4. The summed E-state index contributed by atoms with van der Waals surface area (Å²) in [6, 6.07) is 22.1. The van der Waals surface area contributed by atoms with E-state index in [4.69, 9.17) is 25.0 Å². The van der Waals surface area contributed by atoms with Crippen LogP contribution >= 0.6 is 0 Å². The quantitative estimate of drug-likeness (QED) is 0.573. The van der Waals surface area contributed by atoms with Gasteiger partial charge in [-0.2, -0.15) is 5.26 Å². The van der Waals surface area contributed by atoms with Crippen molar-refractivity contribution in [2.24, 2.45) is 10.7 Å². The van der Waals surface area contributed by atoms with Crippen molar-refractivity contribution < 1.29 is 14.3 Å². The molecule has 182 valence electrons. The van der Waals surface area contributed by atoms with E-state index < -0.39 is 11.3 Å². The van der Waals surface area contributed by atoms with Crippen LogP contribution in [-0.4, -0.2) is 30.8 Å². The first-order chi connectivity index (χ1) is 17.4. The minimum atomic E-state index is -0.987. The van der Waals surface area contributed by atoms with Crippen LogP contribution in [0.15, 0.2) is 65.7 Å². The highest BCUT2D eigenvalue weighted by Gasteiger charge is 2.55. The van der Waals surface area contributed by atoms with Crippen LogP contribution in [0.4, 0.5) is 0 Å². The van der Waals surface area contributed by atoms with Gasteiger partial charge < -0.3 is 15.2 Å². The second-order valence-corrected chi connectivity index (χ2v) is 9.84. The summed E-state index contributed by atoms with van der Waals surface area (Å²) in [7, 11) is 3.51. The molecule has 0 saturated carbocycles. The molecule has 0 fully saturated rings. The molecular formula is C29H28N4O3. The monoisotopic (exact) mass is 480 g/mol. The molecule has 1 aliphatic carbocycles. The molecule has 36 heavy (non-hydrogen) atoms. The van der Waals surface area contributed by atoms with Crippen molar-refractivity contribution >= 4 is 5.96 Å². The number of hydrogen-bond donors (Lipinski definition) is 1. The number of nitrogens with zero attached hydrogens (tertiary/aromatic N) is 3. The number of aliphatic imine (C=N–C) groups is 1. The van der Waals surface area contributed by atoms with E-state index >= 15 is 0 Å². The van der Waals surface area contributed by atoms with Gasteiger partial charge in [0.15, 0.2) is 0 Å². The van der Waals surface area contributed by atoms with Crippen molar-refractivity contribution in [1.82, 2.24) is 5.06 Å². The molecule has 6 rings (SSSR count). The molecule has 0 aromatic heterocycles. The van der Waals surface area contributed by atoms with Gasteiger partial charge in [0.05, 0.1) is 24.3 Å². The van der Waals surface area contributed by atoms with E-state index in [-0.39, 0.29) is 0 Å². The number of hydrogen-bond acceptors (Lipinski definition) is 7. The maximum absolute atomic E-state index is 9.36. The number of nitrogens with two attached hydrogens (primary N) is 1. The van der Waals surface area contributed by atoms with Gasteiger partial charge in [-0.25, -0.2) is 14.9 Å².